The first-order valence-corrected chi connectivity index (χ1v) is 11.9. The van der Waals surface area contributed by atoms with Crippen LogP contribution in [0.5, 0.6) is 0 Å². The van der Waals surface area contributed by atoms with Crippen molar-refractivity contribution in [1.29, 1.82) is 0 Å². The molecule has 2 N–H and O–H groups in total. The number of carbonyl (C=O) groups is 1. The third-order valence-electron chi connectivity index (χ3n) is 3.92. The van der Waals surface area contributed by atoms with Crippen molar-refractivity contribution in [3.63, 3.8) is 0 Å². The fourth-order valence-electron chi connectivity index (χ4n) is 1.91. The lowest BCUT2D eigenvalue weighted by Gasteiger charge is -2.24. The summed E-state index contributed by atoms with van der Waals surface area (Å²) in [6.45, 7) is 9.53. The molecule has 0 aliphatic carbocycles. The van der Waals surface area contributed by atoms with Crippen molar-refractivity contribution in [2.24, 2.45) is 0 Å². The summed E-state index contributed by atoms with van der Waals surface area (Å²) in [5, 5.41) is 0.00340. The Hall–Kier alpha value is -0.730. The summed E-state index contributed by atoms with van der Waals surface area (Å²) in [4.78, 5) is 31.8. The molecule has 7 heteroatoms. The Morgan fingerprint density at radius 3 is 2.18 bits per heavy atom. The number of carbonyl (C=O) groups excluding carboxylic acids is 1. The maximum absolute atomic E-state index is 11.8. The second-order valence-electron chi connectivity index (χ2n) is 6.13. The molecular weight excluding hydrogens is 320 g/mol. The van der Waals surface area contributed by atoms with Gasteiger partial charge in [-0.05, 0) is 24.6 Å². The standard InChI is InChI=1S/C15H25NO4P2/c1-5-21(3,4)11-10-16(13(2)17)12-14-6-8-15(9-7-14)22(18,19)20/h6-9H,5,10-12H2,1-4H3,(H-,18,19,20)/p+1. The van der Waals surface area contributed by atoms with Crippen molar-refractivity contribution in [2.45, 2.75) is 20.4 Å². The van der Waals surface area contributed by atoms with Crippen molar-refractivity contribution in [2.75, 3.05) is 32.2 Å². The predicted octanol–water partition coefficient (Wildman–Crippen LogP) is 2.14. The van der Waals surface area contributed by atoms with Crippen LogP contribution in [0.2, 0.25) is 0 Å². The summed E-state index contributed by atoms with van der Waals surface area (Å²) < 4.78 is 11.2. The molecule has 1 aromatic rings. The van der Waals surface area contributed by atoms with E-state index in [1.54, 1.807) is 24.0 Å². The summed E-state index contributed by atoms with van der Waals surface area (Å²) >= 11 is 0. The average Bonchev–Trinajstić information content (AvgIpc) is 2.42. The van der Waals surface area contributed by atoms with E-state index >= 15 is 0 Å². The Balaban J connectivity index is 2.75. The zero-order valence-corrected chi connectivity index (χ0v) is 15.5. The van der Waals surface area contributed by atoms with Crippen LogP contribution in [-0.2, 0) is 15.9 Å². The highest BCUT2D eigenvalue weighted by Gasteiger charge is 2.24. The minimum Gasteiger partial charge on any atom is -0.335 e. The highest BCUT2D eigenvalue weighted by atomic mass is 31.2. The minimum atomic E-state index is -4.21. The monoisotopic (exact) mass is 346 g/mol. The molecule has 0 heterocycles. The Kier molecular flexibility index (Phi) is 6.76. The molecule has 1 rings (SSSR count). The van der Waals surface area contributed by atoms with Gasteiger partial charge in [-0.25, -0.2) is 0 Å². The van der Waals surface area contributed by atoms with Gasteiger partial charge in [0.05, 0.1) is 24.2 Å². The Labute approximate surface area is 133 Å². The summed E-state index contributed by atoms with van der Waals surface area (Å²) in [6, 6.07) is 6.20. The van der Waals surface area contributed by atoms with Crippen molar-refractivity contribution in [1.82, 2.24) is 4.90 Å². The molecule has 0 aliphatic rings. The van der Waals surface area contributed by atoms with E-state index in [2.05, 4.69) is 20.3 Å². The van der Waals surface area contributed by atoms with Gasteiger partial charge >= 0.3 is 7.60 Å². The van der Waals surface area contributed by atoms with Crippen LogP contribution >= 0.6 is 14.9 Å². The van der Waals surface area contributed by atoms with Crippen LogP contribution < -0.4 is 5.30 Å². The van der Waals surface area contributed by atoms with Gasteiger partial charge in [0.1, 0.15) is 0 Å². The lowest BCUT2D eigenvalue weighted by atomic mass is 10.2. The molecule has 0 radical (unpaired) electrons. The van der Waals surface area contributed by atoms with Gasteiger partial charge in [-0.15, -0.1) is 0 Å². The van der Waals surface area contributed by atoms with E-state index in [0.29, 0.717) is 6.54 Å². The largest absolute Gasteiger partial charge is 0.356 e. The molecule has 0 aromatic heterocycles. The molecule has 1 aromatic carbocycles. The number of amides is 1. The van der Waals surface area contributed by atoms with Crippen molar-refractivity contribution in [3.8, 4) is 0 Å². The molecule has 0 saturated heterocycles. The third kappa shape index (κ3) is 6.18. The first-order valence-electron chi connectivity index (χ1n) is 7.28. The molecule has 0 aliphatic heterocycles. The molecule has 0 bridgehead atoms. The zero-order chi connectivity index (χ0) is 17.0. The lowest BCUT2D eigenvalue weighted by Crippen LogP contribution is -2.31. The summed E-state index contributed by atoms with van der Waals surface area (Å²) in [5.74, 6) is 0.0233. The summed E-state index contributed by atoms with van der Waals surface area (Å²) in [6.07, 6.45) is 2.19. The van der Waals surface area contributed by atoms with E-state index in [4.69, 9.17) is 9.79 Å². The number of hydrogen-bond donors (Lipinski definition) is 2. The van der Waals surface area contributed by atoms with E-state index in [-0.39, 0.29) is 11.2 Å². The molecule has 5 nitrogen and oxygen atoms in total. The molecule has 1 amide bonds. The topological polar surface area (TPSA) is 77.8 Å². The van der Waals surface area contributed by atoms with Gasteiger partial charge in [0.2, 0.25) is 5.91 Å². The number of hydrogen-bond acceptors (Lipinski definition) is 2. The van der Waals surface area contributed by atoms with Gasteiger partial charge in [0.25, 0.3) is 0 Å². The van der Waals surface area contributed by atoms with Crippen LogP contribution in [0.25, 0.3) is 0 Å². The number of benzene rings is 1. The second kappa shape index (κ2) is 7.70. The molecule has 0 saturated carbocycles. The van der Waals surface area contributed by atoms with E-state index in [1.807, 2.05) is 0 Å². The third-order valence-corrected chi connectivity index (χ3v) is 8.02. The van der Waals surface area contributed by atoms with E-state index in [0.717, 1.165) is 24.4 Å². The van der Waals surface area contributed by atoms with Crippen molar-refractivity contribution in [3.05, 3.63) is 29.8 Å². The fourth-order valence-corrected chi connectivity index (χ4v) is 3.55. The van der Waals surface area contributed by atoms with Crippen molar-refractivity contribution >= 4 is 26.1 Å². The van der Waals surface area contributed by atoms with Gasteiger partial charge < -0.3 is 14.7 Å². The highest BCUT2D eigenvalue weighted by molar-refractivity contribution is 7.74. The Bertz CT molecular complexity index is 551. The first kappa shape index (κ1) is 19.3. The first-order chi connectivity index (χ1) is 10.0. The smallest absolute Gasteiger partial charge is 0.335 e. The van der Waals surface area contributed by atoms with Crippen LogP contribution in [0.1, 0.15) is 19.4 Å². The van der Waals surface area contributed by atoms with E-state index in [9.17, 15) is 9.36 Å². The maximum Gasteiger partial charge on any atom is 0.356 e. The highest BCUT2D eigenvalue weighted by Crippen LogP contribution is 2.50. The SMILES string of the molecule is CC[P+](C)(C)CCN(Cc1ccc(P(=O)(O)O)cc1)C(C)=O. The van der Waals surface area contributed by atoms with Gasteiger partial charge in [-0.2, -0.15) is 0 Å². The van der Waals surface area contributed by atoms with Crippen molar-refractivity contribution < 1.29 is 19.1 Å². The zero-order valence-electron chi connectivity index (χ0n) is 13.7. The van der Waals surface area contributed by atoms with Crippen LogP contribution in [0, 0.1) is 0 Å². The van der Waals surface area contributed by atoms with Gasteiger partial charge in [0, 0.05) is 34.1 Å². The van der Waals surface area contributed by atoms with Crippen LogP contribution in [0.4, 0.5) is 0 Å². The van der Waals surface area contributed by atoms with Crippen LogP contribution in [0.15, 0.2) is 24.3 Å². The lowest BCUT2D eigenvalue weighted by molar-refractivity contribution is -0.129. The average molecular weight is 346 g/mol. The molecule has 22 heavy (non-hydrogen) atoms. The number of rotatable bonds is 7. The van der Waals surface area contributed by atoms with Crippen LogP contribution in [-0.4, -0.2) is 52.8 Å². The fraction of sp³-hybridized carbons (Fsp3) is 0.533. The maximum atomic E-state index is 11.8. The van der Waals surface area contributed by atoms with E-state index in [1.165, 1.54) is 12.1 Å². The van der Waals surface area contributed by atoms with Crippen LogP contribution in [0.3, 0.4) is 0 Å². The molecular formula is C15H26NO4P2+. The van der Waals surface area contributed by atoms with Gasteiger partial charge in [0.15, 0.2) is 0 Å². The molecule has 0 fully saturated rings. The summed E-state index contributed by atoms with van der Waals surface area (Å²) in [5.41, 5.74) is 0.875. The van der Waals surface area contributed by atoms with E-state index < -0.39 is 14.9 Å². The minimum absolute atomic E-state index is 0.00340. The Morgan fingerprint density at radius 1 is 1.23 bits per heavy atom. The second-order valence-corrected chi connectivity index (χ2v) is 12.7. The molecule has 0 atom stereocenters. The molecule has 0 spiro atoms. The number of nitrogens with zero attached hydrogens (tertiary/aromatic N) is 1. The van der Waals surface area contributed by atoms with Gasteiger partial charge in [-0.1, -0.05) is 12.1 Å². The normalized spacial score (nSPS) is 12.3. The molecule has 0 unspecified atom stereocenters. The Morgan fingerprint density at radius 2 is 1.77 bits per heavy atom. The summed E-state index contributed by atoms with van der Waals surface area (Å²) in [7, 11) is -5.15. The van der Waals surface area contributed by atoms with Gasteiger partial charge in [-0.3, -0.25) is 9.36 Å². The predicted molar refractivity (Wildman–Crippen MR) is 93.4 cm³/mol. The molecule has 124 valence electrons. The quantitative estimate of drug-likeness (QED) is 0.742.